The predicted molar refractivity (Wildman–Crippen MR) is 32.4 cm³/mol. The summed E-state index contributed by atoms with van der Waals surface area (Å²) in [6.45, 7) is 3.89. The zero-order chi connectivity index (χ0) is 5.70. The van der Waals surface area contributed by atoms with Gasteiger partial charge in [-0.05, 0) is 13.3 Å². The fourth-order valence-electron chi connectivity index (χ4n) is 0.272. The van der Waals surface area contributed by atoms with Crippen LogP contribution in [-0.4, -0.2) is 12.4 Å². The van der Waals surface area contributed by atoms with Gasteiger partial charge in [-0.15, -0.1) is 0 Å². The van der Waals surface area contributed by atoms with Crippen molar-refractivity contribution in [3.63, 3.8) is 0 Å². The highest BCUT2D eigenvalue weighted by molar-refractivity contribution is 5.56. The van der Waals surface area contributed by atoms with Crippen LogP contribution in [0.15, 0.2) is 4.99 Å². The van der Waals surface area contributed by atoms with Crippen LogP contribution in [-0.2, 0) is 0 Å². The molecule has 0 aromatic rings. The van der Waals surface area contributed by atoms with E-state index in [0.717, 1.165) is 6.42 Å². The summed E-state index contributed by atoms with van der Waals surface area (Å²) in [5, 5.41) is 0. The number of hydrogen-bond acceptors (Lipinski definition) is 2. The molecule has 1 atom stereocenters. The molecule has 42 valence electrons. The molecule has 0 fully saturated rings. The zero-order valence-corrected chi connectivity index (χ0v) is 4.89. The van der Waals surface area contributed by atoms with Crippen LogP contribution >= 0.6 is 0 Å². The molecule has 0 amide bonds. The molecule has 2 N–H and O–H groups in total. The minimum Gasteiger partial charge on any atom is -0.310 e. The normalized spacial score (nSPS) is 15.3. The number of rotatable bonds is 2. The molecule has 0 saturated carbocycles. The van der Waals surface area contributed by atoms with Crippen molar-refractivity contribution in [3.8, 4) is 0 Å². The van der Waals surface area contributed by atoms with E-state index in [1.807, 2.05) is 20.1 Å². The molecule has 0 aliphatic rings. The van der Waals surface area contributed by atoms with Gasteiger partial charge < -0.3 is 5.73 Å². The molecule has 0 spiro atoms. The van der Waals surface area contributed by atoms with Crippen molar-refractivity contribution >= 4 is 6.21 Å². The summed E-state index contributed by atoms with van der Waals surface area (Å²) >= 11 is 0. The van der Waals surface area contributed by atoms with Crippen molar-refractivity contribution in [1.29, 1.82) is 0 Å². The Morgan fingerprint density at radius 1 is 1.86 bits per heavy atom. The van der Waals surface area contributed by atoms with Crippen molar-refractivity contribution in [3.05, 3.63) is 0 Å². The van der Waals surface area contributed by atoms with Crippen LogP contribution in [0.4, 0.5) is 0 Å². The molecule has 0 bridgehead atoms. The Morgan fingerprint density at radius 2 is 2.43 bits per heavy atom. The number of nitrogens with zero attached hydrogens (tertiary/aromatic N) is 1. The average molecular weight is 100 g/mol. The molecular weight excluding hydrogens is 88.1 g/mol. The van der Waals surface area contributed by atoms with Gasteiger partial charge in [-0.1, -0.05) is 6.92 Å². The molecule has 0 radical (unpaired) electrons. The number of nitrogens with two attached hydrogens (primary N) is 1. The summed E-state index contributed by atoms with van der Waals surface area (Å²) < 4.78 is 0. The first-order valence-electron chi connectivity index (χ1n) is 2.54. The second-order valence-corrected chi connectivity index (χ2v) is 1.48. The smallest absolute Gasteiger partial charge is 0.0936 e. The molecule has 0 aliphatic heterocycles. The fourth-order valence-corrected chi connectivity index (χ4v) is 0.272. The minimum atomic E-state index is -0.0278. The highest BCUT2D eigenvalue weighted by Gasteiger charge is 1.78. The molecule has 0 aromatic carbocycles. The molecule has 2 heteroatoms. The highest BCUT2D eigenvalue weighted by atomic mass is 14.9. The maximum atomic E-state index is 5.28. The van der Waals surface area contributed by atoms with Gasteiger partial charge in [-0.25, -0.2) is 0 Å². The summed E-state index contributed by atoms with van der Waals surface area (Å²) in [5.74, 6) is 0. The van der Waals surface area contributed by atoms with Crippen molar-refractivity contribution in [1.82, 2.24) is 0 Å². The number of aliphatic imine (C=N–C) groups is 1. The van der Waals surface area contributed by atoms with Gasteiger partial charge in [0.2, 0.25) is 0 Å². The SMILES string of the molecule is CCC=NC(C)N. The van der Waals surface area contributed by atoms with Crippen molar-refractivity contribution in [2.24, 2.45) is 10.7 Å². The van der Waals surface area contributed by atoms with Crippen molar-refractivity contribution < 1.29 is 0 Å². The quantitative estimate of drug-likeness (QED) is 0.511. The topological polar surface area (TPSA) is 38.4 Å². The van der Waals surface area contributed by atoms with E-state index in [0.29, 0.717) is 0 Å². The summed E-state index contributed by atoms with van der Waals surface area (Å²) in [6.07, 6.45) is 2.77. The van der Waals surface area contributed by atoms with E-state index in [-0.39, 0.29) is 6.17 Å². The van der Waals surface area contributed by atoms with Gasteiger partial charge in [0, 0.05) is 6.21 Å². The molecule has 1 unspecified atom stereocenters. The Balaban J connectivity index is 3.08. The maximum absolute atomic E-state index is 5.28. The Kier molecular flexibility index (Phi) is 3.61. The van der Waals surface area contributed by atoms with Gasteiger partial charge in [0.1, 0.15) is 0 Å². The molecule has 0 heterocycles. The lowest BCUT2D eigenvalue weighted by atomic mass is 10.5. The molecule has 0 aliphatic carbocycles. The van der Waals surface area contributed by atoms with Gasteiger partial charge in [-0.3, -0.25) is 4.99 Å². The van der Waals surface area contributed by atoms with Crippen LogP contribution in [0.5, 0.6) is 0 Å². The average Bonchev–Trinajstić information content (AvgIpc) is 1.61. The Bertz CT molecular complexity index is 57.1. The lowest BCUT2D eigenvalue weighted by molar-refractivity contribution is 0.794. The van der Waals surface area contributed by atoms with E-state index in [2.05, 4.69) is 4.99 Å². The number of hydrogen-bond donors (Lipinski definition) is 1. The Morgan fingerprint density at radius 3 is 2.57 bits per heavy atom. The summed E-state index contributed by atoms with van der Waals surface area (Å²) in [7, 11) is 0. The van der Waals surface area contributed by atoms with Gasteiger partial charge in [0.25, 0.3) is 0 Å². The van der Waals surface area contributed by atoms with Crippen LogP contribution in [0.3, 0.4) is 0 Å². The molecule has 0 rings (SSSR count). The maximum Gasteiger partial charge on any atom is 0.0936 e. The van der Waals surface area contributed by atoms with Gasteiger partial charge in [0.05, 0.1) is 6.17 Å². The third-order valence-electron chi connectivity index (χ3n) is 0.523. The second kappa shape index (κ2) is 3.81. The summed E-state index contributed by atoms with van der Waals surface area (Å²) in [5.41, 5.74) is 5.28. The van der Waals surface area contributed by atoms with Crippen LogP contribution < -0.4 is 5.73 Å². The first-order valence-corrected chi connectivity index (χ1v) is 2.54. The van der Waals surface area contributed by atoms with E-state index in [1.165, 1.54) is 0 Å². The highest BCUT2D eigenvalue weighted by Crippen LogP contribution is 1.74. The predicted octanol–water partition coefficient (Wildman–Crippen LogP) is 0.772. The van der Waals surface area contributed by atoms with E-state index in [1.54, 1.807) is 0 Å². The summed E-state index contributed by atoms with van der Waals surface area (Å²) in [6, 6.07) is 0. The lowest BCUT2D eigenvalue weighted by Gasteiger charge is -1.90. The van der Waals surface area contributed by atoms with E-state index < -0.39 is 0 Å². The van der Waals surface area contributed by atoms with Crippen LogP contribution in [0.25, 0.3) is 0 Å². The van der Waals surface area contributed by atoms with Crippen LogP contribution in [0.1, 0.15) is 20.3 Å². The third-order valence-corrected chi connectivity index (χ3v) is 0.523. The lowest BCUT2D eigenvalue weighted by Crippen LogP contribution is -2.10. The van der Waals surface area contributed by atoms with E-state index in [4.69, 9.17) is 5.73 Å². The van der Waals surface area contributed by atoms with E-state index >= 15 is 0 Å². The largest absolute Gasteiger partial charge is 0.310 e. The Hall–Kier alpha value is -0.370. The first-order chi connectivity index (χ1) is 3.27. The monoisotopic (exact) mass is 100 g/mol. The molecule has 2 nitrogen and oxygen atoms in total. The Labute approximate surface area is 44.4 Å². The fraction of sp³-hybridized carbons (Fsp3) is 0.800. The van der Waals surface area contributed by atoms with E-state index in [9.17, 15) is 0 Å². The van der Waals surface area contributed by atoms with Gasteiger partial charge >= 0.3 is 0 Å². The summed E-state index contributed by atoms with van der Waals surface area (Å²) in [4.78, 5) is 3.90. The molecule has 7 heavy (non-hydrogen) atoms. The second-order valence-electron chi connectivity index (χ2n) is 1.48. The van der Waals surface area contributed by atoms with Crippen LogP contribution in [0, 0.1) is 0 Å². The molecule has 0 saturated heterocycles. The molecular formula is C5H12N2. The third kappa shape index (κ3) is 5.63. The van der Waals surface area contributed by atoms with Crippen molar-refractivity contribution in [2.75, 3.05) is 0 Å². The standard InChI is InChI=1S/C5H12N2/c1-3-4-7-5(2)6/h4-5H,3,6H2,1-2H3. The zero-order valence-electron chi connectivity index (χ0n) is 4.89. The molecule has 0 aromatic heterocycles. The van der Waals surface area contributed by atoms with Gasteiger partial charge in [0.15, 0.2) is 0 Å². The van der Waals surface area contributed by atoms with Crippen LogP contribution in [0.2, 0.25) is 0 Å². The minimum absolute atomic E-state index is 0.0278. The first kappa shape index (κ1) is 6.63. The van der Waals surface area contributed by atoms with Crippen molar-refractivity contribution in [2.45, 2.75) is 26.4 Å². The van der Waals surface area contributed by atoms with Gasteiger partial charge in [-0.2, -0.15) is 0 Å².